The first-order chi connectivity index (χ1) is 6.41. The molecule has 0 saturated carbocycles. The van der Waals surface area contributed by atoms with Crippen molar-refractivity contribution in [2.75, 3.05) is 0 Å². The average molecular weight is 234 g/mol. The summed E-state index contributed by atoms with van der Waals surface area (Å²) in [6, 6.07) is 0. The zero-order chi connectivity index (χ0) is 11.1. The molecule has 0 heterocycles. The molecule has 0 atom stereocenters. The molecule has 0 spiro atoms. The Morgan fingerprint density at radius 3 is 1.47 bits per heavy atom. The van der Waals surface area contributed by atoms with E-state index in [0.29, 0.717) is 5.95 Å². The molecule has 15 heavy (non-hydrogen) atoms. The van der Waals surface area contributed by atoms with E-state index in [0.717, 1.165) is 0 Å². The number of ether oxygens (including phenoxy) is 3. The minimum atomic E-state index is 0. The van der Waals surface area contributed by atoms with E-state index in [1.807, 2.05) is 41.5 Å². The smallest absolute Gasteiger partial charge is 0.316 e. The van der Waals surface area contributed by atoms with Crippen molar-refractivity contribution in [3.05, 3.63) is 12.2 Å². The predicted octanol–water partition coefficient (Wildman–Crippen LogP) is 1.61. The predicted molar refractivity (Wildman–Crippen MR) is 68.1 cm³/mol. The first kappa shape index (κ1) is 16.8. The average Bonchev–Trinajstić information content (AvgIpc) is 1.97. The van der Waals surface area contributed by atoms with Gasteiger partial charge in [-0.15, -0.1) is 0 Å². The van der Waals surface area contributed by atoms with Crippen LogP contribution in [0.2, 0.25) is 0 Å². The van der Waals surface area contributed by atoms with Crippen molar-refractivity contribution in [2.45, 2.75) is 59.9 Å². The highest BCUT2D eigenvalue weighted by molar-refractivity contribution is 5.75. The fourth-order valence-electron chi connectivity index (χ4n) is 0.740. The van der Waals surface area contributed by atoms with Gasteiger partial charge in [0.2, 0.25) is 0 Å². The second-order valence-electron chi connectivity index (χ2n) is 3.95. The molecule has 0 aliphatic rings. The van der Waals surface area contributed by atoms with Crippen molar-refractivity contribution in [1.29, 1.82) is 0 Å². The molecule has 0 radical (unpaired) electrons. The maximum absolute atomic E-state index is 5.43. The summed E-state index contributed by atoms with van der Waals surface area (Å²) < 4.78 is 16.1. The summed E-state index contributed by atoms with van der Waals surface area (Å²) in [5, 5.41) is 0. The van der Waals surface area contributed by atoms with Crippen LogP contribution < -0.4 is 0 Å². The van der Waals surface area contributed by atoms with Crippen molar-refractivity contribution >= 4 is 11.0 Å². The van der Waals surface area contributed by atoms with Crippen LogP contribution in [-0.2, 0) is 14.2 Å². The van der Waals surface area contributed by atoms with Crippen LogP contribution in [-0.4, -0.2) is 29.3 Å². The fraction of sp³-hybridized carbons (Fsp3) is 0.818. The number of hydrogen-bond acceptors (Lipinski definition) is 3. The van der Waals surface area contributed by atoms with Gasteiger partial charge < -0.3 is 14.2 Å². The number of rotatable bonds is 6. The van der Waals surface area contributed by atoms with Crippen LogP contribution in [0.25, 0.3) is 0 Å². The lowest BCUT2D eigenvalue weighted by Gasteiger charge is -2.17. The first-order valence-corrected chi connectivity index (χ1v) is 5.10. The minimum Gasteiger partial charge on any atom is -0.491 e. The Labute approximate surface area is 97.8 Å². The molecule has 0 aliphatic heterocycles. The van der Waals surface area contributed by atoms with Crippen molar-refractivity contribution in [2.24, 2.45) is 0 Å². The Bertz CT molecular complexity index is 165. The van der Waals surface area contributed by atoms with Crippen molar-refractivity contribution in [1.82, 2.24) is 0 Å². The van der Waals surface area contributed by atoms with Gasteiger partial charge in [0, 0.05) is 0 Å². The van der Waals surface area contributed by atoms with Gasteiger partial charge in [-0.1, -0.05) is 0 Å². The normalized spacial score (nSPS) is 9.93. The summed E-state index contributed by atoms with van der Waals surface area (Å²) in [7, 11) is 0. The zero-order valence-electron chi connectivity index (χ0n) is 10.0. The molecular formula is C11H26O3Si. The second-order valence-corrected chi connectivity index (χ2v) is 3.95. The third kappa shape index (κ3) is 11.3. The quantitative estimate of drug-likeness (QED) is 0.516. The molecule has 0 fully saturated rings. The van der Waals surface area contributed by atoms with Crippen molar-refractivity contribution < 1.29 is 14.2 Å². The zero-order valence-corrected chi connectivity index (χ0v) is 10.0. The summed E-state index contributed by atoms with van der Waals surface area (Å²) in [6.07, 6.45) is 1.85. The molecule has 92 valence electrons. The lowest BCUT2D eigenvalue weighted by Crippen LogP contribution is -2.11. The maximum Gasteiger partial charge on any atom is 0.316 e. The molecule has 0 aromatic heterocycles. The monoisotopic (exact) mass is 234 g/mol. The van der Waals surface area contributed by atoms with Gasteiger partial charge in [-0.05, 0) is 52.5 Å². The number of hydrogen-bond donors (Lipinski definition) is 0. The Kier molecular flexibility index (Phi) is 9.67. The molecule has 0 amide bonds. The van der Waals surface area contributed by atoms with Crippen LogP contribution >= 0.6 is 0 Å². The van der Waals surface area contributed by atoms with E-state index in [1.54, 1.807) is 0 Å². The molecule has 0 bridgehead atoms. The molecule has 0 unspecified atom stereocenters. The van der Waals surface area contributed by atoms with Crippen molar-refractivity contribution in [3.63, 3.8) is 0 Å². The molecule has 0 aliphatic carbocycles. The van der Waals surface area contributed by atoms with E-state index < -0.39 is 0 Å². The summed E-state index contributed by atoms with van der Waals surface area (Å²) in [5.41, 5.74) is 0. The molecule has 0 aromatic rings. The maximum atomic E-state index is 5.43. The highest BCUT2D eigenvalue weighted by atomic mass is 28.1. The van der Waals surface area contributed by atoms with E-state index in [2.05, 4.69) is 0 Å². The largest absolute Gasteiger partial charge is 0.491 e. The molecule has 0 aromatic carbocycles. The highest BCUT2D eigenvalue weighted by Gasteiger charge is 2.06. The Morgan fingerprint density at radius 1 is 0.800 bits per heavy atom. The molecule has 3 nitrogen and oxygen atoms in total. The SMILES string of the molecule is CC(C)OC=C(OC(C)C)OC(C)C.[SiH4]. The van der Waals surface area contributed by atoms with Gasteiger partial charge in [-0.2, -0.15) is 0 Å². The summed E-state index contributed by atoms with van der Waals surface area (Å²) in [4.78, 5) is 0. The third-order valence-electron chi connectivity index (χ3n) is 1.14. The van der Waals surface area contributed by atoms with E-state index in [1.165, 1.54) is 6.26 Å². The van der Waals surface area contributed by atoms with Gasteiger partial charge in [0.25, 0.3) is 0 Å². The first-order valence-electron chi connectivity index (χ1n) is 5.10. The van der Waals surface area contributed by atoms with E-state index >= 15 is 0 Å². The van der Waals surface area contributed by atoms with Gasteiger partial charge in [-0.3, -0.25) is 0 Å². The van der Waals surface area contributed by atoms with Gasteiger partial charge in [0.15, 0.2) is 6.26 Å². The van der Waals surface area contributed by atoms with Gasteiger partial charge in [-0.25, -0.2) is 0 Å². The Balaban J connectivity index is 0. The molecular weight excluding hydrogens is 208 g/mol. The minimum absolute atomic E-state index is 0. The fourth-order valence-corrected chi connectivity index (χ4v) is 0.740. The second kappa shape index (κ2) is 8.65. The lowest BCUT2D eigenvalue weighted by atomic mass is 10.5. The third-order valence-corrected chi connectivity index (χ3v) is 1.14. The summed E-state index contributed by atoms with van der Waals surface area (Å²) in [5.74, 6) is 0.448. The van der Waals surface area contributed by atoms with E-state index in [9.17, 15) is 0 Å². The van der Waals surface area contributed by atoms with Gasteiger partial charge >= 0.3 is 5.95 Å². The summed E-state index contributed by atoms with van der Waals surface area (Å²) >= 11 is 0. The van der Waals surface area contributed by atoms with Crippen LogP contribution in [0.15, 0.2) is 12.2 Å². The molecule has 0 saturated heterocycles. The van der Waals surface area contributed by atoms with Crippen LogP contribution in [0.5, 0.6) is 0 Å². The lowest BCUT2D eigenvalue weighted by molar-refractivity contribution is -0.0301. The van der Waals surface area contributed by atoms with Crippen LogP contribution in [0.4, 0.5) is 0 Å². The van der Waals surface area contributed by atoms with Gasteiger partial charge in [0.1, 0.15) is 0 Å². The topological polar surface area (TPSA) is 27.7 Å². The summed E-state index contributed by atoms with van der Waals surface area (Å²) in [6.45, 7) is 11.7. The van der Waals surface area contributed by atoms with Crippen LogP contribution in [0, 0.1) is 0 Å². The molecule has 0 rings (SSSR count). The van der Waals surface area contributed by atoms with Crippen molar-refractivity contribution in [3.8, 4) is 0 Å². The van der Waals surface area contributed by atoms with E-state index in [-0.39, 0.29) is 29.3 Å². The van der Waals surface area contributed by atoms with E-state index in [4.69, 9.17) is 14.2 Å². The Morgan fingerprint density at radius 2 is 1.20 bits per heavy atom. The highest BCUT2D eigenvalue weighted by Crippen LogP contribution is 2.08. The standard InChI is InChI=1S/C11H22O3.H4Si/c1-8(2)12-7-11(13-9(3)4)14-10(5)6;/h7-10H,1-6H3;1H4. The molecule has 0 N–H and O–H groups in total. The Hall–Kier alpha value is -0.643. The van der Waals surface area contributed by atoms with Gasteiger partial charge in [0.05, 0.1) is 18.3 Å². The molecule has 4 heteroatoms. The van der Waals surface area contributed by atoms with Crippen LogP contribution in [0.3, 0.4) is 0 Å². The van der Waals surface area contributed by atoms with Crippen LogP contribution in [0.1, 0.15) is 41.5 Å².